The summed E-state index contributed by atoms with van der Waals surface area (Å²) in [7, 11) is 4.58. The van der Waals surface area contributed by atoms with Gasteiger partial charge in [-0.2, -0.15) is 0 Å². The minimum atomic E-state index is -0.747. The first-order chi connectivity index (χ1) is 9.62. The number of ether oxygens (including phenoxy) is 6. The fraction of sp³-hybridized carbons (Fsp3) is 0.917. The van der Waals surface area contributed by atoms with E-state index in [-0.39, 0.29) is 12.7 Å². The predicted octanol–water partition coefficient (Wildman–Crippen LogP) is 1.36. The fourth-order valence-electron chi connectivity index (χ4n) is 2.11. The molecule has 7 nitrogen and oxygen atoms in total. The van der Waals surface area contributed by atoms with E-state index in [1.807, 2.05) is 0 Å². The second kappa shape index (κ2) is 8.98. The number of hydrogen-bond acceptors (Lipinski definition) is 7. The van der Waals surface area contributed by atoms with Crippen molar-refractivity contribution in [3.63, 3.8) is 0 Å². The Morgan fingerprint density at radius 1 is 1.10 bits per heavy atom. The maximum atomic E-state index is 11.6. The number of alkyl halides is 1. The molecular formula is C12H21IO7. The van der Waals surface area contributed by atoms with Crippen molar-refractivity contribution < 1.29 is 33.2 Å². The lowest BCUT2D eigenvalue weighted by Gasteiger charge is -2.43. The van der Waals surface area contributed by atoms with Crippen molar-refractivity contribution in [2.45, 2.75) is 37.6 Å². The van der Waals surface area contributed by atoms with Crippen LogP contribution in [-0.4, -0.2) is 69.2 Å². The number of carbonyl (C=O) groups excluding carboxylic acids is 1. The van der Waals surface area contributed by atoms with Crippen LogP contribution in [0.1, 0.15) is 6.92 Å². The fourth-order valence-corrected chi connectivity index (χ4v) is 2.82. The molecule has 118 valence electrons. The zero-order valence-corrected chi connectivity index (χ0v) is 14.2. The molecule has 8 heteroatoms. The minimum Gasteiger partial charge on any atom is -0.435 e. The van der Waals surface area contributed by atoms with Crippen molar-refractivity contribution in [3.05, 3.63) is 0 Å². The van der Waals surface area contributed by atoms with E-state index in [1.165, 1.54) is 21.3 Å². The van der Waals surface area contributed by atoms with Crippen LogP contribution in [0.15, 0.2) is 0 Å². The normalized spacial score (nSPS) is 33.8. The first kappa shape index (κ1) is 17.9. The summed E-state index contributed by atoms with van der Waals surface area (Å²) < 4.78 is 32.5. The summed E-state index contributed by atoms with van der Waals surface area (Å²) in [6, 6.07) is 0. The standard InChI is InChI=1S/C12H21IO7/c1-5-18-12(14)20-8-7(6-13)19-11(17-4)10(16-3)9(8)15-2/h7-11H,5-6H2,1-4H3/t7-,8-,9+,10-,11+/m1/s1. The molecule has 1 fully saturated rings. The van der Waals surface area contributed by atoms with Gasteiger partial charge in [0, 0.05) is 25.8 Å². The maximum Gasteiger partial charge on any atom is 0.508 e. The smallest absolute Gasteiger partial charge is 0.435 e. The highest BCUT2D eigenvalue weighted by molar-refractivity contribution is 14.1. The topological polar surface area (TPSA) is 72.5 Å². The van der Waals surface area contributed by atoms with E-state index in [0.29, 0.717) is 4.43 Å². The van der Waals surface area contributed by atoms with Gasteiger partial charge >= 0.3 is 6.16 Å². The molecule has 0 bridgehead atoms. The van der Waals surface area contributed by atoms with Crippen molar-refractivity contribution in [2.75, 3.05) is 32.4 Å². The Morgan fingerprint density at radius 2 is 1.75 bits per heavy atom. The van der Waals surface area contributed by atoms with E-state index in [4.69, 9.17) is 28.4 Å². The minimum absolute atomic E-state index is 0.243. The molecule has 1 rings (SSSR count). The Kier molecular flexibility index (Phi) is 8.03. The molecule has 1 saturated heterocycles. The van der Waals surface area contributed by atoms with Gasteiger partial charge in [0.1, 0.15) is 18.3 Å². The Morgan fingerprint density at radius 3 is 2.20 bits per heavy atom. The number of rotatable bonds is 6. The van der Waals surface area contributed by atoms with Crippen LogP contribution in [0, 0.1) is 0 Å². The molecule has 1 heterocycles. The molecule has 0 N–H and O–H groups in total. The molecular weight excluding hydrogens is 383 g/mol. The summed E-state index contributed by atoms with van der Waals surface area (Å²) >= 11 is 2.15. The zero-order chi connectivity index (χ0) is 15.1. The molecule has 0 aromatic heterocycles. The SMILES string of the molecule is CCOC(=O)O[C@H]1[C@H](OC)[C@@H](OC)[C@@H](OC)O[C@@H]1CI. The average molecular weight is 404 g/mol. The Bertz CT molecular complexity index is 302. The second-order valence-corrected chi connectivity index (χ2v) is 4.98. The van der Waals surface area contributed by atoms with E-state index in [2.05, 4.69) is 22.6 Å². The van der Waals surface area contributed by atoms with Crippen LogP contribution in [0.3, 0.4) is 0 Å². The van der Waals surface area contributed by atoms with Gasteiger partial charge in [-0.25, -0.2) is 4.79 Å². The van der Waals surface area contributed by atoms with Gasteiger partial charge in [0.15, 0.2) is 12.4 Å². The van der Waals surface area contributed by atoms with Gasteiger partial charge in [0.25, 0.3) is 0 Å². The highest BCUT2D eigenvalue weighted by Crippen LogP contribution is 2.29. The molecule has 1 aliphatic heterocycles. The summed E-state index contributed by atoms with van der Waals surface area (Å²) in [5.74, 6) is 0. The van der Waals surface area contributed by atoms with Gasteiger partial charge < -0.3 is 28.4 Å². The van der Waals surface area contributed by atoms with Gasteiger partial charge in [-0.3, -0.25) is 0 Å². The molecule has 20 heavy (non-hydrogen) atoms. The van der Waals surface area contributed by atoms with Gasteiger partial charge in [0.05, 0.1) is 6.61 Å². The number of methoxy groups -OCH3 is 3. The number of halogens is 1. The third-order valence-electron chi connectivity index (χ3n) is 3.01. The van der Waals surface area contributed by atoms with Crippen LogP contribution in [0.4, 0.5) is 4.79 Å². The molecule has 0 spiro atoms. The number of carbonyl (C=O) groups is 1. The second-order valence-electron chi connectivity index (χ2n) is 4.10. The van der Waals surface area contributed by atoms with Crippen LogP contribution < -0.4 is 0 Å². The van der Waals surface area contributed by atoms with Crippen molar-refractivity contribution in [3.8, 4) is 0 Å². The van der Waals surface area contributed by atoms with Crippen molar-refractivity contribution >= 4 is 28.7 Å². The lowest BCUT2D eigenvalue weighted by atomic mass is 9.99. The monoisotopic (exact) mass is 404 g/mol. The first-order valence-electron chi connectivity index (χ1n) is 6.26. The van der Waals surface area contributed by atoms with E-state index < -0.39 is 30.8 Å². The molecule has 0 aromatic carbocycles. The third-order valence-corrected chi connectivity index (χ3v) is 3.88. The Labute approximate surface area is 132 Å². The molecule has 0 amide bonds. The third kappa shape index (κ3) is 4.17. The number of hydrogen-bond donors (Lipinski definition) is 0. The molecule has 5 atom stereocenters. The van der Waals surface area contributed by atoms with E-state index in [9.17, 15) is 4.79 Å². The summed E-state index contributed by atoms with van der Waals surface area (Å²) in [6.07, 6.45) is -3.30. The molecule has 0 saturated carbocycles. The summed E-state index contributed by atoms with van der Waals surface area (Å²) in [5, 5.41) is 0. The summed E-state index contributed by atoms with van der Waals surface area (Å²) in [4.78, 5) is 11.6. The largest absolute Gasteiger partial charge is 0.508 e. The van der Waals surface area contributed by atoms with Crippen LogP contribution in [0.5, 0.6) is 0 Å². The van der Waals surface area contributed by atoms with Crippen molar-refractivity contribution in [1.82, 2.24) is 0 Å². The lowest BCUT2D eigenvalue weighted by Crippen LogP contribution is -2.61. The van der Waals surface area contributed by atoms with Gasteiger partial charge in [0.2, 0.25) is 0 Å². The molecule has 0 radical (unpaired) electrons. The van der Waals surface area contributed by atoms with Crippen LogP contribution in [0.2, 0.25) is 0 Å². The van der Waals surface area contributed by atoms with Crippen LogP contribution in [0.25, 0.3) is 0 Å². The Balaban J connectivity index is 2.88. The molecule has 0 unspecified atom stereocenters. The van der Waals surface area contributed by atoms with Gasteiger partial charge in [-0.1, -0.05) is 22.6 Å². The van der Waals surface area contributed by atoms with Crippen molar-refractivity contribution in [1.29, 1.82) is 0 Å². The summed E-state index contributed by atoms with van der Waals surface area (Å²) in [5.41, 5.74) is 0. The van der Waals surface area contributed by atoms with Gasteiger partial charge in [-0.15, -0.1) is 0 Å². The highest BCUT2D eigenvalue weighted by Gasteiger charge is 2.48. The molecule has 0 aliphatic carbocycles. The lowest BCUT2D eigenvalue weighted by molar-refractivity contribution is -0.294. The maximum absolute atomic E-state index is 11.6. The van der Waals surface area contributed by atoms with E-state index in [0.717, 1.165) is 0 Å². The zero-order valence-electron chi connectivity index (χ0n) is 12.0. The van der Waals surface area contributed by atoms with E-state index in [1.54, 1.807) is 6.92 Å². The van der Waals surface area contributed by atoms with Crippen molar-refractivity contribution in [2.24, 2.45) is 0 Å². The highest BCUT2D eigenvalue weighted by atomic mass is 127. The van der Waals surface area contributed by atoms with Gasteiger partial charge in [-0.05, 0) is 6.92 Å². The Hall–Kier alpha value is -0.160. The average Bonchev–Trinajstić information content (AvgIpc) is 2.46. The predicted molar refractivity (Wildman–Crippen MR) is 78.0 cm³/mol. The van der Waals surface area contributed by atoms with Crippen LogP contribution >= 0.6 is 22.6 Å². The van der Waals surface area contributed by atoms with E-state index >= 15 is 0 Å². The first-order valence-corrected chi connectivity index (χ1v) is 7.78. The summed E-state index contributed by atoms with van der Waals surface area (Å²) in [6.45, 7) is 1.95. The van der Waals surface area contributed by atoms with Crippen LogP contribution in [-0.2, 0) is 28.4 Å². The molecule has 1 aliphatic rings. The quantitative estimate of drug-likeness (QED) is 0.376. The molecule has 0 aromatic rings.